The van der Waals surface area contributed by atoms with E-state index < -0.39 is 0 Å². The van der Waals surface area contributed by atoms with Crippen LogP contribution in [0.5, 0.6) is 0 Å². The van der Waals surface area contributed by atoms with E-state index in [0.717, 1.165) is 0 Å². The van der Waals surface area contributed by atoms with Crippen LogP contribution in [0.2, 0.25) is 0 Å². The van der Waals surface area contributed by atoms with Gasteiger partial charge in [0.2, 0.25) is 0 Å². The average molecular weight is 577 g/mol. The van der Waals surface area contributed by atoms with Gasteiger partial charge in [-0.15, -0.1) is 11.3 Å². The van der Waals surface area contributed by atoms with Crippen molar-refractivity contribution in [2.75, 3.05) is 0 Å². The van der Waals surface area contributed by atoms with Crippen LogP contribution in [0.25, 0.3) is 53.6 Å². The topological polar surface area (TPSA) is 0 Å². The molecule has 0 unspecified atom stereocenters. The Morgan fingerprint density at radius 2 is 0.750 bits per heavy atom. The van der Waals surface area contributed by atoms with Crippen LogP contribution < -0.4 is 0 Å². The predicted octanol–water partition coefficient (Wildman–Crippen LogP) is 11.8. The summed E-state index contributed by atoms with van der Waals surface area (Å²) in [7, 11) is 0. The van der Waals surface area contributed by atoms with Gasteiger partial charge in [-0.2, -0.15) is 0 Å². The van der Waals surface area contributed by atoms with Crippen LogP contribution in [-0.4, -0.2) is 0 Å². The molecule has 0 spiro atoms. The van der Waals surface area contributed by atoms with E-state index in [1.54, 1.807) is 0 Å². The normalized spacial score (nSPS) is 13.2. The summed E-state index contributed by atoms with van der Waals surface area (Å²) in [5.41, 5.74) is 12.6. The van der Waals surface area contributed by atoms with Crippen molar-refractivity contribution in [3.8, 4) is 33.4 Å². The maximum Gasteiger partial charge on any atom is 0.0713 e. The van der Waals surface area contributed by atoms with Crippen LogP contribution in [-0.2, 0) is 5.41 Å². The lowest BCUT2D eigenvalue weighted by molar-refractivity contribution is 0.768. The number of fused-ring (bicyclic) bond motifs is 6. The molecule has 206 valence electrons. The summed E-state index contributed by atoms with van der Waals surface area (Å²) in [5, 5.41) is 2.65. The zero-order valence-electron chi connectivity index (χ0n) is 24.1. The fourth-order valence-electron chi connectivity index (χ4n) is 7.50. The highest BCUT2D eigenvalue weighted by molar-refractivity contribution is 7.26. The Kier molecular flexibility index (Phi) is 5.69. The molecule has 0 saturated heterocycles. The molecule has 0 amide bonds. The predicted molar refractivity (Wildman–Crippen MR) is 188 cm³/mol. The quantitative estimate of drug-likeness (QED) is 0.195. The van der Waals surface area contributed by atoms with E-state index >= 15 is 0 Å². The van der Waals surface area contributed by atoms with E-state index in [2.05, 4.69) is 170 Å². The molecule has 1 aliphatic carbocycles. The molecule has 44 heavy (non-hydrogen) atoms. The standard InChI is InChI=1S/C43H28S/c1-3-13-29(14-4-1)33-19-11-21-37-38-22-12-20-34(42(38)44-41(33)37)30-25-27-32(28-26-30)43(31-15-5-2-6-16-31)39-23-9-7-17-35(39)36-18-8-10-24-40(36)43/h1-28H. The first-order valence-electron chi connectivity index (χ1n) is 15.2. The highest BCUT2D eigenvalue weighted by atomic mass is 32.1. The van der Waals surface area contributed by atoms with Crippen LogP contribution in [0.4, 0.5) is 0 Å². The summed E-state index contributed by atoms with van der Waals surface area (Å²) in [6.45, 7) is 0. The van der Waals surface area contributed by atoms with Crippen molar-refractivity contribution in [1.82, 2.24) is 0 Å². The summed E-state index contributed by atoms with van der Waals surface area (Å²) in [6.07, 6.45) is 0. The SMILES string of the molecule is c1ccc(-c2cccc3c2sc2c(-c4ccc(C5(c6ccccc6)c6ccccc6-c6ccccc65)cc4)cccc23)cc1. The Balaban J connectivity index is 1.24. The first-order chi connectivity index (χ1) is 21.8. The van der Waals surface area contributed by atoms with Gasteiger partial charge < -0.3 is 0 Å². The molecule has 1 heteroatoms. The van der Waals surface area contributed by atoms with Crippen LogP contribution in [0.3, 0.4) is 0 Å². The Hall–Kier alpha value is -5.24. The second-order valence-corrected chi connectivity index (χ2v) is 12.6. The van der Waals surface area contributed by atoms with Crippen LogP contribution in [0, 0.1) is 0 Å². The highest BCUT2D eigenvalue weighted by Crippen LogP contribution is 2.56. The molecule has 9 rings (SSSR count). The Labute approximate surface area is 261 Å². The first-order valence-corrected chi connectivity index (χ1v) is 16.0. The van der Waals surface area contributed by atoms with Gasteiger partial charge in [-0.3, -0.25) is 0 Å². The maximum atomic E-state index is 2.36. The number of benzene rings is 7. The van der Waals surface area contributed by atoms with Crippen molar-refractivity contribution in [3.05, 3.63) is 192 Å². The molecule has 0 aliphatic heterocycles. The number of hydrogen-bond acceptors (Lipinski definition) is 1. The minimum atomic E-state index is -0.374. The zero-order valence-corrected chi connectivity index (χ0v) is 24.9. The van der Waals surface area contributed by atoms with E-state index in [0.29, 0.717) is 0 Å². The summed E-state index contributed by atoms with van der Waals surface area (Å²) in [5.74, 6) is 0. The van der Waals surface area contributed by atoms with Crippen molar-refractivity contribution in [2.24, 2.45) is 0 Å². The van der Waals surface area contributed by atoms with Crippen LogP contribution in [0.15, 0.2) is 170 Å². The minimum Gasteiger partial charge on any atom is -0.134 e. The van der Waals surface area contributed by atoms with Gasteiger partial charge in [0.25, 0.3) is 0 Å². The highest BCUT2D eigenvalue weighted by Gasteiger charge is 2.45. The van der Waals surface area contributed by atoms with Gasteiger partial charge in [0.1, 0.15) is 0 Å². The van der Waals surface area contributed by atoms with Gasteiger partial charge in [-0.05, 0) is 55.6 Å². The van der Waals surface area contributed by atoms with Gasteiger partial charge in [-0.25, -0.2) is 0 Å². The van der Waals surface area contributed by atoms with E-state index in [-0.39, 0.29) is 5.41 Å². The zero-order chi connectivity index (χ0) is 29.1. The third kappa shape index (κ3) is 3.57. The Morgan fingerprint density at radius 1 is 0.318 bits per heavy atom. The third-order valence-electron chi connectivity index (χ3n) is 9.40. The largest absolute Gasteiger partial charge is 0.134 e. The molecule has 1 aliphatic rings. The van der Waals surface area contributed by atoms with E-state index in [1.165, 1.54) is 75.8 Å². The molecule has 0 radical (unpaired) electrons. The molecule has 0 saturated carbocycles. The lowest BCUT2D eigenvalue weighted by atomic mass is 9.67. The van der Waals surface area contributed by atoms with Gasteiger partial charge in [0.05, 0.1) is 5.41 Å². The number of rotatable bonds is 4. The second kappa shape index (κ2) is 9.91. The molecule has 8 aromatic rings. The molecular weight excluding hydrogens is 549 g/mol. The maximum absolute atomic E-state index is 2.36. The van der Waals surface area contributed by atoms with Gasteiger partial charge >= 0.3 is 0 Å². The fraction of sp³-hybridized carbons (Fsp3) is 0.0233. The molecule has 0 N–H and O–H groups in total. The summed E-state index contributed by atoms with van der Waals surface area (Å²) >= 11 is 1.91. The third-order valence-corrected chi connectivity index (χ3v) is 10.7. The van der Waals surface area contributed by atoms with Crippen molar-refractivity contribution in [3.63, 3.8) is 0 Å². The van der Waals surface area contributed by atoms with E-state index in [4.69, 9.17) is 0 Å². The van der Waals surface area contributed by atoms with Crippen LogP contribution >= 0.6 is 11.3 Å². The van der Waals surface area contributed by atoms with Gasteiger partial charge in [0.15, 0.2) is 0 Å². The lowest BCUT2D eigenvalue weighted by Gasteiger charge is -2.34. The van der Waals surface area contributed by atoms with E-state index in [1.807, 2.05) is 11.3 Å². The van der Waals surface area contributed by atoms with Crippen LogP contribution in [0.1, 0.15) is 22.3 Å². The minimum absolute atomic E-state index is 0.374. The molecule has 0 nitrogen and oxygen atoms in total. The average Bonchev–Trinajstić information content (AvgIpc) is 3.64. The Morgan fingerprint density at radius 3 is 1.32 bits per heavy atom. The van der Waals surface area contributed by atoms with Crippen molar-refractivity contribution >= 4 is 31.5 Å². The summed E-state index contributed by atoms with van der Waals surface area (Å²) in [6, 6.07) is 62.5. The summed E-state index contributed by atoms with van der Waals surface area (Å²) in [4.78, 5) is 0. The van der Waals surface area contributed by atoms with E-state index in [9.17, 15) is 0 Å². The molecule has 0 atom stereocenters. The smallest absolute Gasteiger partial charge is 0.0713 e. The molecular formula is C43H28S. The number of thiophene rings is 1. The van der Waals surface area contributed by atoms with Crippen molar-refractivity contribution in [1.29, 1.82) is 0 Å². The monoisotopic (exact) mass is 576 g/mol. The van der Waals surface area contributed by atoms with Gasteiger partial charge in [-0.1, -0.05) is 170 Å². The molecule has 0 bridgehead atoms. The number of hydrogen-bond donors (Lipinski definition) is 0. The second-order valence-electron chi connectivity index (χ2n) is 11.6. The van der Waals surface area contributed by atoms with Crippen molar-refractivity contribution < 1.29 is 0 Å². The first kappa shape index (κ1) is 25.3. The summed E-state index contributed by atoms with van der Waals surface area (Å²) < 4.78 is 2.69. The molecule has 7 aromatic carbocycles. The molecule has 1 aromatic heterocycles. The van der Waals surface area contributed by atoms with Crippen molar-refractivity contribution in [2.45, 2.75) is 5.41 Å². The van der Waals surface area contributed by atoms with Gasteiger partial charge in [0, 0.05) is 20.2 Å². The molecule has 0 fully saturated rings. The lowest BCUT2D eigenvalue weighted by Crippen LogP contribution is -2.28. The molecule has 1 heterocycles. The fourth-order valence-corrected chi connectivity index (χ4v) is 8.88. The Bertz CT molecular complexity index is 2260.